The van der Waals surface area contributed by atoms with Crippen LogP contribution < -0.4 is 5.32 Å². The maximum Gasteiger partial charge on any atom is 0.246 e. The molecular weight excluding hydrogens is 388 g/mol. The molecule has 6 heteroatoms. The topological polar surface area (TPSA) is 67.2 Å². The molecule has 3 rings (SSSR count). The van der Waals surface area contributed by atoms with Gasteiger partial charge >= 0.3 is 0 Å². The normalized spacial score (nSPS) is 11.0. The first-order valence-corrected chi connectivity index (χ1v) is 10.2. The number of likely N-dealkylation sites (N-methyl/N-ethyl adjacent to an activating group) is 1. The van der Waals surface area contributed by atoms with Gasteiger partial charge in [-0.2, -0.15) is 5.10 Å². The van der Waals surface area contributed by atoms with E-state index in [9.17, 15) is 9.59 Å². The molecule has 2 amide bonds. The number of benzene rings is 2. The molecular formula is C25H28N4O2. The highest BCUT2D eigenvalue weighted by molar-refractivity contribution is 5.98. The molecule has 2 aromatic carbocycles. The zero-order valence-corrected chi connectivity index (χ0v) is 18.6. The molecule has 0 atom stereocenters. The molecule has 160 valence electrons. The first-order chi connectivity index (χ1) is 14.8. The third-order valence-corrected chi connectivity index (χ3v) is 5.38. The number of rotatable bonds is 6. The lowest BCUT2D eigenvalue weighted by atomic mass is 10.1. The van der Waals surface area contributed by atoms with Crippen LogP contribution in [-0.4, -0.2) is 40.1 Å². The van der Waals surface area contributed by atoms with Crippen LogP contribution in [0.1, 0.15) is 28.1 Å². The number of aromatic nitrogens is 2. The molecule has 1 aromatic heterocycles. The standard InChI is InChI=1S/C25H28N4O2/c1-17-10-9-13-23(18(17)2)26-24(30)16-28(5)25(31)15-14-22-19(3)27-29(20(22)4)21-11-7-6-8-12-21/h6-15H,16H2,1-5H3,(H,26,30)/b15-14+. The highest BCUT2D eigenvalue weighted by Crippen LogP contribution is 2.20. The van der Waals surface area contributed by atoms with Gasteiger partial charge in [-0.25, -0.2) is 4.68 Å². The van der Waals surface area contributed by atoms with Gasteiger partial charge in [-0.15, -0.1) is 0 Å². The molecule has 0 bridgehead atoms. The lowest BCUT2D eigenvalue weighted by molar-refractivity contribution is -0.129. The third kappa shape index (κ3) is 5.09. The van der Waals surface area contributed by atoms with Gasteiger partial charge in [-0.3, -0.25) is 9.59 Å². The number of nitrogens with zero attached hydrogens (tertiary/aromatic N) is 3. The molecule has 0 aliphatic rings. The number of nitrogens with one attached hydrogen (secondary N) is 1. The van der Waals surface area contributed by atoms with E-state index < -0.39 is 0 Å². The SMILES string of the molecule is Cc1cccc(NC(=O)CN(C)C(=O)/C=C/c2c(C)nn(-c3ccccc3)c2C)c1C. The van der Waals surface area contributed by atoms with Crippen molar-refractivity contribution >= 4 is 23.6 Å². The molecule has 0 aliphatic heterocycles. The van der Waals surface area contributed by atoms with Crippen molar-refractivity contribution in [3.05, 3.63) is 82.7 Å². The van der Waals surface area contributed by atoms with Gasteiger partial charge in [0, 0.05) is 30.1 Å². The molecule has 1 heterocycles. The number of amides is 2. The van der Waals surface area contributed by atoms with Gasteiger partial charge in [0.25, 0.3) is 0 Å². The summed E-state index contributed by atoms with van der Waals surface area (Å²) in [6.07, 6.45) is 3.25. The first-order valence-electron chi connectivity index (χ1n) is 10.2. The maximum atomic E-state index is 12.6. The quantitative estimate of drug-likeness (QED) is 0.612. The monoisotopic (exact) mass is 416 g/mol. The Morgan fingerprint density at radius 3 is 2.45 bits per heavy atom. The van der Waals surface area contributed by atoms with Crippen LogP contribution >= 0.6 is 0 Å². The number of carbonyl (C=O) groups is 2. The predicted molar refractivity (Wildman–Crippen MR) is 124 cm³/mol. The van der Waals surface area contributed by atoms with Crippen LogP contribution in [0.15, 0.2) is 54.6 Å². The van der Waals surface area contributed by atoms with Crippen molar-refractivity contribution in [2.45, 2.75) is 27.7 Å². The Morgan fingerprint density at radius 1 is 1.03 bits per heavy atom. The van der Waals surface area contributed by atoms with Crippen molar-refractivity contribution in [3.63, 3.8) is 0 Å². The smallest absolute Gasteiger partial charge is 0.246 e. The van der Waals surface area contributed by atoms with Gasteiger partial charge in [0.15, 0.2) is 0 Å². The average Bonchev–Trinajstić information content (AvgIpc) is 3.03. The first kappa shape index (κ1) is 22.0. The fraction of sp³-hybridized carbons (Fsp3) is 0.240. The lowest BCUT2D eigenvalue weighted by Gasteiger charge is -2.16. The van der Waals surface area contributed by atoms with Crippen molar-refractivity contribution in [2.24, 2.45) is 0 Å². The Balaban J connectivity index is 1.66. The largest absolute Gasteiger partial charge is 0.333 e. The Kier molecular flexibility index (Phi) is 6.70. The summed E-state index contributed by atoms with van der Waals surface area (Å²) in [5.74, 6) is -0.482. The number of anilines is 1. The summed E-state index contributed by atoms with van der Waals surface area (Å²) in [5, 5.41) is 7.47. The summed E-state index contributed by atoms with van der Waals surface area (Å²) in [4.78, 5) is 26.3. The molecule has 0 unspecified atom stereocenters. The lowest BCUT2D eigenvalue weighted by Crippen LogP contribution is -2.34. The second-order valence-electron chi connectivity index (χ2n) is 7.66. The molecule has 0 spiro atoms. The maximum absolute atomic E-state index is 12.6. The van der Waals surface area contributed by atoms with Crippen LogP contribution in [0, 0.1) is 27.7 Å². The van der Waals surface area contributed by atoms with Crippen molar-refractivity contribution in [1.82, 2.24) is 14.7 Å². The summed E-state index contributed by atoms with van der Waals surface area (Å²) in [5.41, 5.74) is 6.53. The van der Waals surface area contributed by atoms with Gasteiger partial charge in [-0.1, -0.05) is 30.3 Å². The number of hydrogen-bond acceptors (Lipinski definition) is 3. The number of para-hydroxylation sites is 1. The van der Waals surface area contributed by atoms with Crippen LogP contribution in [0.25, 0.3) is 11.8 Å². The fourth-order valence-corrected chi connectivity index (χ4v) is 3.37. The zero-order chi connectivity index (χ0) is 22.5. The number of carbonyl (C=O) groups excluding carboxylic acids is 2. The number of aryl methyl sites for hydroxylation is 2. The van der Waals surface area contributed by atoms with Crippen molar-refractivity contribution in [1.29, 1.82) is 0 Å². The molecule has 3 aromatic rings. The molecule has 0 saturated carbocycles. The fourth-order valence-electron chi connectivity index (χ4n) is 3.37. The predicted octanol–water partition coefficient (Wildman–Crippen LogP) is 4.22. The van der Waals surface area contributed by atoms with E-state index in [-0.39, 0.29) is 18.4 Å². The van der Waals surface area contributed by atoms with E-state index in [0.29, 0.717) is 0 Å². The van der Waals surface area contributed by atoms with Gasteiger partial charge in [0.1, 0.15) is 0 Å². The molecule has 31 heavy (non-hydrogen) atoms. The van der Waals surface area contributed by atoms with E-state index in [1.807, 2.05) is 80.9 Å². The van der Waals surface area contributed by atoms with E-state index in [1.54, 1.807) is 13.1 Å². The van der Waals surface area contributed by atoms with Gasteiger partial charge in [0.05, 0.1) is 17.9 Å². The molecule has 0 aliphatic carbocycles. The summed E-state index contributed by atoms with van der Waals surface area (Å²) >= 11 is 0. The van der Waals surface area contributed by atoms with E-state index in [2.05, 4.69) is 10.4 Å². The zero-order valence-electron chi connectivity index (χ0n) is 18.6. The van der Waals surface area contributed by atoms with E-state index in [4.69, 9.17) is 0 Å². The van der Waals surface area contributed by atoms with E-state index >= 15 is 0 Å². The minimum Gasteiger partial charge on any atom is -0.333 e. The Hall–Kier alpha value is -3.67. The molecule has 0 saturated heterocycles. The van der Waals surface area contributed by atoms with Crippen LogP contribution in [0.5, 0.6) is 0 Å². The van der Waals surface area contributed by atoms with Crippen LogP contribution in [0.2, 0.25) is 0 Å². The van der Waals surface area contributed by atoms with Gasteiger partial charge < -0.3 is 10.2 Å². The Labute approximate surface area is 183 Å². The highest BCUT2D eigenvalue weighted by Gasteiger charge is 2.14. The second kappa shape index (κ2) is 9.43. The van der Waals surface area contributed by atoms with Gasteiger partial charge in [-0.05, 0) is 63.1 Å². The number of hydrogen-bond donors (Lipinski definition) is 1. The molecule has 6 nitrogen and oxygen atoms in total. The summed E-state index contributed by atoms with van der Waals surface area (Å²) in [6.45, 7) is 7.81. The van der Waals surface area contributed by atoms with Gasteiger partial charge in [0.2, 0.25) is 11.8 Å². The van der Waals surface area contributed by atoms with E-state index in [0.717, 1.165) is 39.5 Å². The van der Waals surface area contributed by atoms with Crippen molar-refractivity contribution in [2.75, 3.05) is 18.9 Å². The Morgan fingerprint density at radius 2 is 1.74 bits per heavy atom. The van der Waals surface area contributed by atoms with Crippen molar-refractivity contribution < 1.29 is 9.59 Å². The molecule has 0 radical (unpaired) electrons. The summed E-state index contributed by atoms with van der Waals surface area (Å²) < 4.78 is 1.86. The summed E-state index contributed by atoms with van der Waals surface area (Å²) in [7, 11) is 1.61. The molecule has 1 N–H and O–H groups in total. The average molecular weight is 417 g/mol. The highest BCUT2D eigenvalue weighted by atomic mass is 16.2. The molecule has 0 fully saturated rings. The third-order valence-electron chi connectivity index (χ3n) is 5.38. The van der Waals surface area contributed by atoms with Crippen LogP contribution in [0.4, 0.5) is 5.69 Å². The minimum absolute atomic E-state index is 0.0300. The Bertz CT molecular complexity index is 1130. The summed E-state index contributed by atoms with van der Waals surface area (Å²) in [6, 6.07) is 15.6. The van der Waals surface area contributed by atoms with Crippen LogP contribution in [-0.2, 0) is 9.59 Å². The minimum atomic E-state index is -0.248. The second-order valence-corrected chi connectivity index (χ2v) is 7.66. The van der Waals surface area contributed by atoms with E-state index in [1.165, 1.54) is 11.0 Å². The van der Waals surface area contributed by atoms with Crippen molar-refractivity contribution in [3.8, 4) is 5.69 Å². The van der Waals surface area contributed by atoms with Crippen LogP contribution in [0.3, 0.4) is 0 Å².